The second-order valence-corrected chi connectivity index (χ2v) is 8.91. The number of fused-ring (bicyclic) bond motifs is 1. The molecule has 0 bridgehead atoms. The molecule has 1 aromatic carbocycles. The molecular formula is C22H28FN5O3. The van der Waals surface area contributed by atoms with Crippen LogP contribution in [0.15, 0.2) is 24.3 Å². The van der Waals surface area contributed by atoms with Gasteiger partial charge in [-0.15, -0.1) is 0 Å². The van der Waals surface area contributed by atoms with Crippen molar-refractivity contribution in [1.29, 1.82) is 0 Å². The standard InChI is InChI=1S/C22H28FN5O3/c1-22(2,3)31-21(30)28-9-8-17-15(14-28)19(25-24-17)20(29)27-12-10-26(11-13-27)18-7-5-4-6-16(18)23/h4-7H,8-14H2,1-3H3,(H,24,25). The van der Waals surface area contributed by atoms with Crippen LogP contribution < -0.4 is 4.90 Å². The number of carbonyl (C=O) groups is 2. The number of H-pyrrole nitrogens is 1. The van der Waals surface area contributed by atoms with Gasteiger partial charge in [-0.3, -0.25) is 9.89 Å². The lowest BCUT2D eigenvalue weighted by molar-refractivity contribution is 0.0222. The fourth-order valence-corrected chi connectivity index (χ4v) is 3.96. The number of para-hydroxylation sites is 1. The summed E-state index contributed by atoms with van der Waals surface area (Å²) in [6, 6.07) is 6.67. The minimum absolute atomic E-state index is 0.170. The Labute approximate surface area is 180 Å². The van der Waals surface area contributed by atoms with E-state index in [1.54, 1.807) is 21.9 Å². The van der Waals surface area contributed by atoms with Gasteiger partial charge < -0.3 is 19.4 Å². The number of benzene rings is 1. The quantitative estimate of drug-likeness (QED) is 0.794. The predicted octanol–water partition coefficient (Wildman–Crippen LogP) is 2.80. The van der Waals surface area contributed by atoms with E-state index in [-0.39, 0.29) is 18.3 Å². The Morgan fingerprint density at radius 2 is 1.77 bits per heavy atom. The highest BCUT2D eigenvalue weighted by molar-refractivity contribution is 5.94. The van der Waals surface area contributed by atoms with E-state index < -0.39 is 11.7 Å². The molecule has 0 saturated carbocycles. The van der Waals surface area contributed by atoms with Crippen LogP contribution in [0.5, 0.6) is 0 Å². The number of anilines is 1. The number of carbonyl (C=O) groups excluding carboxylic acids is 2. The zero-order chi connectivity index (χ0) is 22.2. The number of rotatable bonds is 2. The SMILES string of the molecule is CC(C)(C)OC(=O)N1CCc2[nH]nc(C(=O)N3CCN(c4ccccc4F)CC3)c2C1. The number of ether oxygens (including phenoxy) is 1. The Kier molecular flexibility index (Phi) is 5.60. The topological polar surface area (TPSA) is 81.8 Å². The van der Waals surface area contributed by atoms with Gasteiger partial charge in [-0.1, -0.05) is 12.1 Å². The molecule has 0 atom stereocenters. The van der Waals surface area contributed by atoms with Crippen molar-refractivity contribution in [3.63, 3.8) is 0 Å². The lowest BCUT2D eigenvalue weighted by Crippen LogP contribution is -2.49. The van der Waals surface area contributed by atoms with Gasteiger partial charge in [0.05, 0.1) is 12.2 Å². The van der Waals surface area contributed by atoms with E-state index in [0.717, 1.165) is 11.3 Å². The summed E-state index contributed by atoms with van der Waals surface area (Å²) >= 11 is 0. The van der Waals surface area contributed by atoms with Crippen LogP contribution in [0.4, 0.5) is 14.9 Å². The summed E-state index contributed by atoms with van der Waals surface area (Å²) in [5, 5.41) is 7.22. The molecule has 2 amide bonds. The molecule has 2 aliphatic rings. The highest BCUT2D eigenvalue weighted by Crippen LogP contribution is 2.25. The first-order chi connectivity index (χ1) is 14.7. The number of hydrogen-bond acceptors (Lipinski definition) is 5. The minimum Gasteiger partial charge on any atom is -0.444 e. The average Bonchev–Trinajstić information content (AvgIpc) is 3.16. The molecule has 0 unspecified atom stereocenters. The summed E-state index contributed by atoms with van der Waals surface area (Å²) in [5.41, 5.74) is 1.96. The molecule has 8 nitrogen and oxygen atoms in total. The summed E-state index contributed by atoms with van der Waals surface area (Å²) in [6.45, 7) is 8.33. The molecule has 1 aromatic heterocycles. The van der Waals surface area contributed by atoms with Gasteiger partial charge in [-0.05, 0) is 32.9 Å². The first-order valence-corrected chi connectivity index (χ1v) is 10.6. The molecule has 1 fully saturated rings. The van der Waals surface area contributed by atoms with E-state index in [0.29, 0.717) is 50.5 Å². The normalized spacial score (nSPS) is 16.8. The first kappa shape index (κ1) is 21.1. The van der Waals surface area contributed by atoms with Crippen molar-refractivity contribution < 1.29 is 18.7 Å². The van der Waals surface area contributed by atoms with E-state index in [4.69, 9.17) is 4.74 Å². The molecular weight excluding hydrogens is 401 g/mol. The number of aromatic amines is 1. The lowest BCUT2D eigenvalue weighted by Gasteiger charge is -2.36. The van der Waals surface area contributed by atoms with Crippen LogP contribution in [0.3, 0.4) is 0 Å². The molecule has 0 aliphatic carbocycles. The molecule has 2 aromatic rings. The molecule has 1 saturated heterocycles. The zero-order valence-electron chi connectivity index (χ0n) is 18.2. The summed E-state index contributed by atoms with van der Waals surface area (Å²) in [4.78, 5) is 30.9. The van der Waals surface area contributed by atoms with Gasteiger partial charge in [0, 0.05) is 50.4 Å². The molecule has 166 valence electrons. The Morgan fingerprint density at radius 1 is 1.06 bits per heavy atom. The van der Waals surface area contributed by atoms with E-state index in [1.807, 2.05) is 31.7 Å². The predicted molar refractivity (Wildman–Crippen MR) is 113 cm³/mol. The van der Waals surface area contributed by atoms with E-state index in [9.17, 15) is 14.0 Å². The Hall–Kier alpha value is -3.10. The first-order valence-electron chi connectivity index (χ1n) is 10.6. The van der Waals surface area contributed by atoms with Gasteiger partial charge in [0.1, 0.15) is 11.4 Å². The summed E-state index contributed by atoms with van der Waals surface area (Å²) in [5.74, 6) is -0.428. The van der Waals surface area contributed by atoms with Crippen LogP contribution in [0.25, 0.3) is 0 Å². The zero-order valence-corrected chi connectivity index (χ0v) is 18.2. The number of amides is 2. The van der Waals surface area contributed by atoms with Gasteiger partial charge in [-0.2, -0.15) is 5.10 Å². The van der Waals surface area contributed by atoms with Gasteiger partial charge in [-0.25, -0.2) is 9.18 Å². The minimum atomic E-state index is -0.579. The van der Waals surface area contributed by atoms with Gasteiger partial charge in [0.15, 0.2) is 5.69 Å². The van der Waals surface area contributed by atoms with Gasteiger partial charge >= 0.3 is 6.09 Å². The second kappa shape index (κ2) is 8.20. The third-order valence-corrected chi connectivity index (χ3v) is 5.55. The molecule has 1 N–H and O–H groups in total. The Balaban J connectivity index is 1.43. The van der Waals surface area contributed by atoms with Crippen LogP contribution in [0.2, 0.25) is 0 Å². The van der Waals surface area contributed by atoms with Crippen LogP contribution >= 0.6 is 0 Å². The van der Waals surface area contributed by atoms with Crippen molar-refractivity contribution in [2.75, 3.05) is 37.6 Å². The molecule has 31 heavy (non-hydrogen) atoms. The summed E-state index contributed by atoms with van der Waals surface area (Å²) in [6.07, 6.45) is 0.201. The number of nitrogens with one attached hydrogen (secondary N) is 1. The van der Waals surface area contributed by atoms with Crippen molar-refractivity contribution in [2.24, 2.45) is 0 Å². The second-order valence-electron chi connectivity index (χ2n) is 8.91. The number of aromatic nitrogens is 2. The maximum absolute atomic E-state index is 14.1. The van der Waals surface area contributed by atoms with Crippen molar-refractivity contribution in [1.82, 2.24) is 20.0 Å². The Morgan fingerprint density at radius 3 is 2.45 bits per heavy atom. The molecule has 4 rings (SSSR count). The van der Waals surface area contributed by atoms with Gasteiger partial charge in [0.25, 0.3) is 5.91 Å². The van der Waals surface area contributed by atoms with Crippen LogP contribution in [0.1, 0.15) is 42.5 Å². The molecule has 3 heterocycles. The number of nitrogens with zero attached hydrogens (tertiary/aromatic N) is 4. The average molecular weight is 429 g/mol. The van der Waals surface area contributed by atoms with Crippen molar-refractivity contribution in [3.05, 3.63) is 47.0 Å². The number of hydrogen-bond donors (Lipinski definition) is 1. The van der Waals surface area contributed by atoms with Crippen LogP contribution in [-0.2, 0) is 17.7 Å². The molecule has 2 aliphatic heterocycles. The number of piperazine rings is 1. The fourth-order valence-electron chi connectivity index (χ4n) is 3.96. The molecule has 0 radical (unpaired) electrons. The number of halogens is 1. The maximum Gasteiger partial charge on any atom is 0.410 e. The maximum atomic E-state index is 14.1. The van der Waals surface area contributed by atoms with Gasteiger partial charge in [0.2, 0.25) is 0 Å². The van der Waals surface area contributed by atoms with E-state index in [2.05, 4.69) is 10.2 Å². The lowest BCUT2D eigenvalue weighted by atomic mass is 10.0. The molecule has 0 spiro atoms. The highest BCUT2D eigenvalue weighted by atomic mass is 19.1. The molecule has 9 heteroatoms. The van der Waals surface area contributed by atoms with Crippen molar-refractivity contribution in [2.45, 2.75) is 39.3 Å². The summed E-state index contributed by atoms with van der Waals surface area (Å²) < 4.78 is 19.5. The van der Waals surface area contributed by atoms with Crippen LogP contribution in [-0.4, -0.2) is 70.3 Å². The highest BCUT2D eigenvalue weighted by Gasteiger charge is 2.32. The third kappa shape index (κ3) is 4.50. The largest absolute Gasteiger partial charge is 0.444 e. The fraction of sp³-hybridized carbons (Fsp3) is 0.500. The van der Waals surface area contributed by atoms with Crippen molar-refractivity contribution in [3.8, 4) is 0 Å². The van der Waals surface area contributed by atoms with E-state index in [1.165, 1.54) is 6.07 Å². The third-order valence-electron chi connectivity index (χ3n) is 5.55. The van der Waals surface area contributed by atoms with Crippen molar-refractivity contribution >= 4 is 17.7 Å². The van der Waals surface area contributed by atoms with Crippen LogP contribution in [0, 0.1) is 5.82 Å². The smallest absolute Gasteiger partial charge is 0.410 e. The van der Waals surface area contributed by atoms with E-state index >= 15 is 0 Å². The monoisotopic (exact) mass is 429 g/mol. The Bertz CT molecular complexity index is 976. The summed E-state index contributed by atoms with van der Waals surface area (Å²) in [7, 11) is 0.